The molecule has 0 atom stereocenters. The maximum absolute atomic E-state index is 12.3. The highest BCUT2D eigenvalue weighted by atomic mass is 24.3. The van der Waals surface area contributed by atoms with Crippen LogP contribution in [-0.2, 0) is 6.54 Å². The molecule has 1 nitrogen and oxygen atoms in total. The third kappa shape index (κ3) is 2.64. The molecule has 1 aromatic rings. The van der Waals surface area contributed by atoms with E-state index >= 15 is 0 Å². The SMILES string of the molecule is NCc1[c]ccc(F)c1.[MgH2]. The van der Waals surface area contributed by atoms with Crippen LogP contribution in [0.25, 0.3) is 0 Å². The van der Waals surface area contributed by atoms with Crippen molar-refractivity contribution in [3.63, 3.8) is 0 Å². The van der Waals surface area contributed by atoms with Crippen LogP contribution in [0, 0.1) is 11.9 Å². The number of hydrogen-bond acceptors (Lipinski definition) is 1. The molecule has 0 amide bonds. The van der Waals surface area contributed by atoms with E-state index in [4.69, 9.17) is 5.73 Å². The first kappa shape index (κ1) is 9.88. The smallest absolute Gasteiger partial charge is 0.316 e. The van der Waals surface area contributed by atoms with Gasteiger partial charge in [-0.05, 0) is 23.8 Å². The molecule has 0 aliphatic carbocycles. The maximum atomic E-state index is 12.3. The van der Waals surface area contributed by atoms with Crippen LogP contribution in [0.2, 0.25) is 0 Å². The summed E-state index contributed by atoms with van der Waals surface area (Å²) in [5.74, 6) is -0.255. The quantitative estimate of drug-likeness (QED) is 0.568. The standard InChI is InChI=1S/C7H7FN.Mg.2H/c8-7-3-1-2-6(4-7)5-9;;;/h1,3-4H,5,9H2;;;. The second-order valence-electron chi connectivity index (χ2n) is 1.74. The average Bonchev–Trinajstić information content (AvgIpc) is 1.88. The number of halogens is 1. The van der Waals surface area contributed by atoms with Crippen LogP contribution in [0.3, 0.4) is 0 Å². The Bertz CT molecular complexity index is 203. The summed E-state index contributed by atoms with van der Waals surface area (Å²) in [5.41, 5.74) is 5.92. The zero-order valence-corrected chi connectivity index (χ0v) is 4.89. The lowest BCUT2D eigenvalue weighted by Gasteiger charge is -1.92. The van der Waals surface area contributed by atoms with Gasteiger partial charge in [-0.1, -0.05) is 6.07 Å². The normalized spacial score (nSPS) is 8.60. The molecule has 1 rings (SSSR count). The van der Waals surface area contributed by atoms with Gasteiger partial charge >= 0.3 is 23.1 Å². The topological polar surface area (TPSA) is 26.0 Å². The summed E-state index contributed by atoms with van der Waals surface area (Å²) in [6.45, 7) is 0.345. The highest BCUT2D eigenvalue weighted by Gasteiger charge is 1.89. The molecular formula is C7H9FMgN. The van der Waals surface area contributed by atoms with E-state index in [2.05, 4.69) is 6.07 Å². The Morgan fingerprint density at radius 3 is 2.70 bits per heavy atom. The second kappa shape index (κ2) is 4.65. The van der Waals surface area contributed by atoms with Gasteiger partial charge in [-0.25, -0.2) is 4.39 Å². The van der Waals surface area contributed by atoms with Crippen LogP contribution in [0.5, 0.6) is 0 Å². The van der Waals surface area contributed by atoms with Crippen LogP contribution in [0.1, 0.15) is 5.56 Å². The molecule has 0 bridgehead atoms. The molecule has 2 N–H and O–H groups in total. The molecule has 0 unspecified atom stereocenters. The molecule has 51 valence electrons. The lowest BCUT2D eigenvalue weighted by molar-refractivity contribution is 0.625. The summed E-state index contributed by atoms with van der Waals surface area (Å²) in [7, 11) is 0. The van der Waals surface area contributed by atoms with E-state index in [1.807, 2.05) is 0 Å². The van der Waals surface area contributed by atoms with Crippen molar-refractivity contribution in [2.45, 2.75) is 6.54 Å². The minimum absolute atomic E-state index is 0. The van der Waals surface area contributed by atoms with Crippen LogP contribution >= 0.6 is 0 Å². The Kier molecular flexibility index (Phi) is 4.60. The van der Waals surface area contributed by atoms with Gasteiger partial charge in [0.25, 0.3) is 0 Å². The van der Waals surface area contributed by atoms with Gasteiger partial charge in [-0.3, -0.25) is 0 Å². The fourth-order valence-corrected chi connectivity index (χ4v) is 0.602. The minimum Gasteiger partial charge on any atom is -0.326 e. The first-order chi connectivity index (χ1) is 4.33. The summed E-state index contributed by atoms with van der Waals surface area (Å²) in [5, 5.41) is 0. The van der Waals surface area contributed by atoms with E-state index in [9.17, 15) is 4.39 Å². The maximum Gasteiger partial charge on any atom is 0.316 e. The Balaban J connectivity index is 0.000000810. The third-order valence-electron chi connectivity index (χ3n) is 1.04. The fourth-order valence-electron chi connectivity index (χ4n) is 0.602. The second-order valence-corrected chi connectivity index (χ2v) is 1.74. The van der Waals surface area contributed by atoms with E-state index < -0.39 is 0 Å². The third-order valence-corrected chi connectivity index (χ3v) is 1.04. The van der Waals surface area contributed by atoms with E-state index in [0.717, 1.165) is 0 Å². The van der Waals surface area contributed by atoms with Crippen molar-refractivity contribution in [1.82, 2.24) is 0 Å². The van der Waals surface area contributed by atoms with E-state index in [1.165, 1.54) is 18.2 Å². The molecule has 0 aromatic heterocycles. The molecule has 1 radical (unpaired) electrons. The molecule has 10 heavy (non-hydrogen) atoms. The van der Waals surface area contributed by atoms with Crippen molar-refractivity contribution in [3.05, 3.63) is 35.6 Å². The monoisotopic (exact) mass is 150 g/mol. The van der Waals surface area contributed by atoms with Crippen LogP contribution in [-0.4, -0.2) is 23.1 Å². The van der Waals surface area contributed by atoms with Gasteiger partial charge in [0.2, 0.25) is 0 Å². The fraction of sp³-hybridized carbons (Fsp3) is 0.143. The average molecular weight is 150 g/mol. The Labute approximate surface area is 75.6 Å². The van der Waals surface area contributed by atoms with Gasteiger partial charge in [0.15, 0.2) is 0 Å². The number of rotatable bonds is 1. The largest absolute Gasteiger partial charge is 0.326 e. The van der Waals surface area contributed by atoms with Gasteiger partial charge in [0.05, 0.1) is 0 Å². The van der Waals surface area contributed by atoms with Crippen LogP contribution < -0.4 is 5.73 Å². The van der Waals surface area contributed by atoms with Crippen molar-refractivity contribution in [2.75, 3.05) is 0 Å². The Hall–Kier alpha value is -0.124. The first-order valence-corrected chi connectivity index (χ1v) is 2.69. The lowest BCUT2D eigenvalue weighted by Crippen LogP contribution is -1.95. The molecule has 0 saturated heterocycles. The zero-order valence-electron chi connectivity index (χ0n) is 4.89. The molecule has 3 heteroatoms. The molecule has 0 fully saturated rings. The van der Waals surface area contributed by atoms with Gasteiger partial charge in [-0.15, -0.1) is 0 Å². The van der Waals surface area contributed by atoms with Gasteiger partial charge in [-0.2, -0.15) is 0 Å². The summed E-state index contributed by atoms with van der Waals surface area (Å²) < 4.78 is 12.3. The van der Waals surface area contributed by atoms with Gasteiger partial charge in [0, 0.05) is 6.54 Å². The van der Waals surface area contributed by atoms with Crippen LogP contribution in [0.4, 0.5) is 4.39 Å². The molecular weight excluding hydrogens is 141 g/mol. The number of benzene rings is 1. The summed E-state index contributed by atoms with van der Waals surface area (Å²) in [6, 6.07) is 7.04. The predicted molar refractivity (Wildman–Crippen MR) is 41.7 cm³/mol. The Morgan fingerprint density at radius 1 is 1.60 bits per heavy atom. The van der Waals surface area contributed by atoms with Crippen molar-refractivity contribution in [1.29, 1.82) is 0 Å². The lowest BCUT2D eigenvalue weighted by atomic mass is 10.2. The number of hydrogen-bond donors (Lipinski definition) is 1. The van der Waals surface area contributed by atoms with E-state index in [0.29, 0.717) is 12.1 Å². The molecule has 1 aromatic carbocycles. The zero-order chi connectivity index (χ0) is 6.69. The predicted octanol–water partition coefficient (Wildman–Crippen LogP) is 0.168. The van der Waals surface area contributed by atoms with E-state index in [-0.39, 0.29) is 28.9 Å². The Morgan fingerprint density at radius 2 is 2.30 bits per heavy atom. The molecule has 0 saturated carbocycles. The summed E-state index contributed by atoms with van der Waals surface area (Å²) >= 11 is 0. The first-order valence-electron chi connectivity index (χ1n) is 2.69. The molecule has 0 aliphatic heterocycles. The van der Waals surface area contributed by atoms with Crippen molar-refractivity contribution >= 4 is 23.1 Å². The molecule has 0 aliphatic rings. The van der Waals surface area contributed by atoms with Crippen LogP contribution in [0.15, 0.2) is 18.2 Å². The van der Waals surface area contributed by atoms with Crippen molar-refractivity contribution in [3.8, 4) is 0 Å². The molecule has 0 heterocycles. The minimum atomic E-state index is -0.255. The highest BCUT2D eigenvalue weighted by molar-refractivity contribution is 5.75. The summed E-state index contributed by atoms with van der Waals surface area (Å²) in [6.07, 6.45) is 0. The highest BCUT2D eigenvalue weighted by Crippen LogP contribution is 2.00. The van der Waals surface area contributed by atoms with Gasteiger partial charge < -0.3 is 5.73 Å². The van der Waals surface area contributed by atoms with Crippen molar-refractivity contribution in [2.24, 2.45) is 5.73 Å². The van der Waals surface area contributed by atoms with Gasteiger partial charge in [0.1, 0.15) is 5.82 Å². The van der Waals surface area contributed by atoms with E-state index in [1.54, 1.807) is 0 Å². The molecule has 0 spiro atoms. The summed E-state index contributed by atoms with van der Waals surface area (Å²) in [4.78, 5) is 0. The van der Waals surface area contributed by atoms with Crippen molar-refractivity contribution < 1.29 is 4.39 Å². The number of nitrogens with two attached hydrogens (primary N) is 1.